The quantitative estimate of drug-likeness (QED) is 0.291. The third-order valence-electron chi connectivity index (χ3n) is 5.56. The summed E-state index contributed by atoms with van der Waals surface area (Å²) in [6.07, 6.45) is 1.07. The number of hydrogen-bond donors (Lipinski definition) is 2. The van der Waals surface area contributed by atoms with Gasteiger partial charge < -0.3 is 25.0 Å². The Morgan fingerprint density at radius 3 is 2.34 bits per heavy atom. The average Bonchev–Trinajstić information content (AvgIpc) is 3.27. The summed E-state index contributed by atoms with van der Waals surface area (Å²) in [4.78, 5) is 6.53. The Labute approximate surface area is 209 Å². The summed E-state index contributed by atoms with van der Waals surface area (Å²) >= 11 is 0. The molecule has 0 aliphatic carbocycles. The second-order valence-corrected chi connectivity index (χ2v) is 8.46. The number of nitrogens with zero attached hydrogens (tertiary/aromatic N) is 2. The topological polar surface area (TPSA) is 58.1 Å². The van der Waals surface area contributed by atoms with Crippen LogP contribution >= 0.6 is 24.0 Å². The molecule has 1 fully saturated rings. The maximum atomic E-state index is 6.16. The molecule has 1 atom stereocenters. The highest BCUT2D eigenvalue weighted by atomic mass is 127. The molecule has 6 nitrogen and oxygen atoms in total. The minimum atomic E-state index is 0. The molecule has 1 saturated heterocycles. The van der Waals surface area contributed by atoms with E-state index in [1.807, 2.05) is 0 Å². The number of hydrogen-bond acceptors (Lipinski definition) is 4. The van der Waals surface area contributed by atoms with Crippen LogP contribution in [-0.4, -0.2) is 46.9 Å². The first kappa shape index (κ1) is 26.3. The molecular formula is C25H37IN4O2. The fourth-order valence-electron chi connectivity index (χ4n) is 3.68. The zero-order valence-electron chi connectivity index (χ0n) is 19.9. The molecule has 2 N–H and O–H groups in total. The lowest BCUT2D eigenvalue weighted by molar-refractivity contribution is 0.166. The lowest BCUT2D eigenvalue weighted by atomic mass is 10.1. The van der Waals surface area contributed by atoms with Crippen LogP contribution in [0.2, 0.25) is 0 Å². The fourth-order valence-corrected chi connectivity index (χ4v) is 3.68. The first-order valence-corrected chi connectivity index (χ1v) is 11.0. The molecular weight excluding hydrogens is 515 g/mol. The monoisotopic (exact) mass is 552 g/mol. The highest BCUT2D eigenvalue weighted by molar-refractivity contribution is 14.0. The van der Waals surface area contributed by atoms with Crippen LogP contribution in [0.4, 0.5) is 5.69 Å². The summed E-state index contributed by atoms with van der Waals surface area (Å²) in [7, 11) is 5.94. The minimum absolute atomic E-state index is 0. The van der Waals surface area contributed by atoms with E-state index in [0.717, 1.165) is 36.9 Å². The van der Waals surface area contributed by atoms with Gasteiger partial charge >= 0.3 is 0 Å². The summed E-state index contributed by atoms with van der Waals surface area (Å²) in [5.41, 5.74) is 6.02. The van der Waals surface area contributed by atoms with Crippen molar-refractivity contribution >= 4 is 35.6 Å². The molecule has 0 spiro atoms. The number of rotatable bonds is 8. The number of guanidine groups is 1. The lowest BCUT2D eigenvalue weighted by Crippen LogP contribution is -2.36. The maximum absolute atomic E-state index is 6.16. The van der Waals surface area contributed by atoms with E-state index < -0.39 is 0 Å². The van der Waals surface area contributed by atoms with E-state index in [1.165, 1.54) is 22.4 Å². The molecule has 2 aromatic rings. The minimum Gasteiger partial charge on any atom is -0.493 e. The maximum Gasteiger partial charge on any atom is 0.191 e. The molecule has 0 bridgehead atoms. The van der Waals surface area contributed by atoms with Crippen LogP contribution in [0.3, 0.4) is 0 Å². The summed E-state index contributed by atoms with van der Waals surface area (Å²) in [5.74, 6) is 2.18. The van der Waals surface area contributed by atoms with Crippen molar-refractivity contribution in [2.75, 3.05) is 45.9 Å². The van der Waals surface area contributed by atoms with Crippen LogP contribution < -0.4 is 20.3 Å². The van der Waals surface area contributed by atoms with Gasteiger partial charge in [-0.25, -0.2) is 0 Å². The van der Waals surface area contributed by atoms with Crippen LogP contribution in [0, 0.1) is 19.8 Å². The number of halogens is 1. The molecule has 32 heavy (non-hydrogen) atoms. The van der Waals surface area contributed by atoms with Crippen LogP contribution in [-0.2, 0) is 17.8 Å². The highest BCUT2D eigenvalue weighted by Gasteiger charge is 2.17. The Morgan fingerprint density at radius 2 is 1.72 bits per heavy atom. The van der Waals surface area contributed by atoms with E-state index in [2.05, 4.69) is 84.9 Å². The molecule has 1 aliphatic rings. The van der Waals surface area contributed by atoms with Crippen molar-refractivity contribution in [1.29, 1.82) is 0 Å². The first-order chi connectivity index (χ1) is 15.0. The number of anilines is 1. The number of aryl methyl sites for hydroxylation is 2. The van der Waals surface area contributed by atoms with Gasteiger partial charge in [-0.2, -0.15) is 0 Å². The zero-order valence-corrected chi connectivity index (χ0v) is 22.2. The van der Waals surface area contributed by atoms with E-state index in [-0.39, 0.29) is 24.0 Å². The van der Waals surface area contributed by atoms with Gasteiger partial charge in [0.1, 0.15) is 5.75 Å². The Kier molecular flexibility index (Phi) is 10.6. The third kappa shape index (κ3) is 7.55. The van der Waals surface area contributed by atoms with Gasteiger partial charge in [0.2, 0.25) is 0 Å². The van der Waals surface area contributed by atoms with Crippen LogP contribution in [0.15, 0.2) is 41.4 Å². The SMILES string of the molecule is CN=C(NCc1ccc(C)cc1OCC1CCOC1)NCc1ccc(C)cc1N(C)C.I. The highest BCUT2D eigenvalue weighted by Crippen LogP contribution is 2.23. The Hall–Kier alpha value is -2.00. The normalized spacial score (nSPS) is 15.8. The van der Waals surface area contributed by atoms with Crippen molar-refractivity contribution in [2.45, 2.75) is 33.4 Å². The lowest BCUT2D eigenvalue weighted by Gasteiger charge is -2.20. The molecule has 1 unspecified atom stereocenters. The summed E-state index contributed by atoms with van der Waals surface area (Å²) in [5, 5.41) is 6.86. The number of benzene rings is 2. The van der Waals surface area contributed by atoms with Crippen molar-refractivity contribution < 1.29 is 9.47 Å². The fraction of sp³-hybridized carbons (Fsp3) is 0.480. The van der Waals surface area contributed by atoms with Gasteiger partial charge in [-0.1, -0.05) is 24.3 Å². The molecule has 1 aliphatic heterocycles. The van der Waals surface area contributed by atoms with Crippen molar-refractivity contribution in [2.24, 2.45) is 10.9 Å². The van der Waals surface area contributed by atoms with Gasteiger partial charge in [0.25, 0.3) is 0 Å². The predicted octanol–water partition coefficient (Wildman–Crippen LogP) is 4.27. The zero-order chi connectivity index (χ0) is 22.2. The second kappa shape index (κ2) is 12.9. The molecule has 1 heterocycles. The Morgan fingerprint density at radius 1 is 1.06 bits per heavy atom. The van der Waals surface area contributed by atoms with E-state index in [0.29, 0.717) is 25.6 Å². The van der Waals surface area contributed by atoms with Crippen LogP contribution in [0.1, 0.15) is 28.7 Å². The van der Waals surface area contributed by atoms with Gasteiger partial charge in [0.15, 0.2) is 5.96 Å². The number of nitrogens with one attached hydrogen (secondary N) is 2. The summed E-state index contributed by atoms with van der Waals surface area (Å²) < 4.78 is 11.6. The Balaban J connectivity index is 0.00000363. The molecule has 0 saturated carbocycles. The van der Waals surface area contributed by atoms with Crippen molar-refractivity contribution in [3.05, 3.63) is 58.7 Å². The van der Waals surface area contributed by atoms with E-state index in [4.69, 9.17) is 9.47 Å². The van der Waals surface area contributed by atoms with Gasteiger partial charge in [-0.15, -0.1) is 24.0 Å². The molecule has 0 radical (unpaired) electrons. The Bertz CT molecular complexity index is 896. The molecule has 7 heteroatoms. The molecule has 2 aromatic carbocycles. The molecule has 3 rings (SSSR count). The van der Waals surface area contributed by atoms with Crippen LogP contribution in [0.5, 0.6) is 5.75 Å². The van der Waals surface area contributed by atoms with Gasteiger partial charge in [-0.05, 0) is 49.1 Å². The van der Waals surface area contributed by atoms with Gasteiger partial charge in [-0.3, -0.25) is 4.99 Å². The van der Waals surface area contributed by atoms with Gasteiger partial charge in [0.05, 0.1) is 13.2 Å². The van der Waals surface area contributed by atoms with E-state index >= 15 is 0 Å². The van der Waals surface area contributed by atoms with Gasteiger partial charge in [0, 0.05) is 58.0 Å². The standard InChI is InChI=1S/C25H36N4O2.HI/c1-18-6-8-21(23(12-18)29(4)5)14-27-25(26-3)28-15-22-9-7-19(2)13-24(22)31-17-20-10-11-30-16-20;/h6-9,12-13,20H,10-11,14-17H2,1-5H3,(H2,26,27,28);1H. The van der Waals surface area contributed by atoms with Crippen molar-refractivity contribution in [3.8, 4) is 5.75 Å². The number of ether oxygens (including phenoxy) is 2. The number of aliphatic imine (C=N–C) groups is 1. The molecule has 176 valence electrons. The second-order valence-electron chi connectivity index (χ2n) is 8.46. The van der Waals surface area contributed by atoms with E-state index in [1.54, 1.807) is 7.05 Å². The smallest absolute Gasteiger partial charge is 0.191 e. The largest absolute Gasteiger partial charge is 0.493 e. The summed E-state index contributed by atoms with van der Waals surface area (Å²) in [6.45, 7) is 7.89. The van der Waals surface area contributed by atoms with Crippen LogP contribution in [0.25, 0.3) is 0 Å². The summed E-state index contributed by atoms with van der Waals surface area (Å²) in [6, 6.07) is 12.9. The van der Waals surface area contributed by atoms with E-state index in [9.17, 15) is 0 Å². The van der Waals surface area contributed by atoms with Crippen molar-refractivity contribution in [3.63, 3.8) is 0 Å². The third-order valence-corrected chi connectivity index (χ3v) is 5.56. The molecule has 0 aromatic heterocycles. The molecule has 0 amide bonds. The predicted molar refractivity (Wildman–Crippen MR) is 144 cm³/mol. The average molecular weight is 553 g/mol. The first-order valence-electron chi connectivity index (χ1n) is 11.0. The van der Waals surface area contributed by atoms with Crippen molar-refractivity contribution in [1.82, 2.24) is 10.6 Å².